The van der Waals surface area contributed by atoms with Gasteiger partial charge >= 0.3 is 0 Å². The fourth-order valence-corrected chi connectivity index (χ4v) is 4.18. The normalized spacial score (nSPS) is 18.3. The molecular weight excluding hydrogens is 360 g/mol. The van der Waals surface area contributed by atoms with Gasteiger partial charge in [-0.3, -0.25) is 0 Å². The molecule has 2 aliphatic rings. The number of nitrogens with one attached hydrogen (secondary N) is 1. The Morgan fingerprint density at radius 2 is 1.81 bits per heavy atom. The Labute approximate surface area is 165 Å². The smallest absolute Gasteiger partial charge is 0.223 e. The molecule has 0 atom stereocenters. The van der Waals surface area contributed by atoms with E-state index in [0.717, 1.165) is 38.3 Å². The Morgan fingerprint density at radius 1 is 1.04 bits per heavy atom. The summed E-state index contributed by atoms with van der Waals surface area (Å²) in [5.41, 5.74) is 8.43. The first-order valence-corrected chi connectivity index (χ1v) is 10.2. The molecule has 2 fully saturated rings. The molecule has 0 saturated carbocycles. The molecule has 0 aliphatic carbocycles. The van der Waals surface area contributed by atoms with E-state index in [1.54, 1.807) is 6.07 Å². The molecule has 0 spiro atoms. The topological polar surface area (TPSA) is 70.3 Å². The van der Waals surface area contributed by atoms with Gasteiger partial charge in [0, 0.05) is 50.5 Å². The monoisotopic (exact) mass is 386 g/mol. The van der Waals surface area contributed by atoms with E-state index in [4.69, 9.17) is 17.3 Å². The van der Waals surface area contributed by atoms with Crippen LogP contribution < -0.4 is 20.9 Å². The summed E-state index contributed by atoms with van der Waals surface area (Å²) >= 11 is 6.00. The van der Waals surface area contributed by atoms with Crippen LogP contribution in [-0.2, 0) is 6.54 Å². The Balaban J connectivity index is 1.29. The van der Waals surface area contributed by atoms with E-state index in [0.29, 0.717) is 11.2 Å². The molecule has 0 bridgehead atoms. The molecule has 27 heavy (non-hydrogen) atoms. The second-order valence-electron chi connectivity index (χ2n) is 7.41. The molecule has 0 unspecified atom stereocenters. The van der Waals surface area contributed by atoms with Gasteiger partial charge in [-0.1, -0.05) is 23.7 Å². The van der Waals surface area contributed by atoms with Crippen LogP contribution in [0.3, 0.4) is 0 Å². The summed E-state index contributed by atoms with van der Waals surface area (Å²) < 4.78 is 0. The number of benzene rings is 1. The van der Waals surface area contributed by atoms with E-state index in [1.807, 2.05) is 0 Å². The molecule has 7 heteroatoms. The summed E-state index contributed by atoms with van der Waals surface area (Å²) in [5, 5.41) is 4.12. The van der Waals surface area contributed by atoms with Crippen molar-refractivity contribution in [3.63, 3.8) is 0 Å². The van der Waals surface area contributed by atoms with E-state index in [1.165, 1.54) is 37.2 Å². The minimum atomic E-state index is 0.232. The fraction of sp³-hybridized carbons (Fsp3) is 0.500. The van der Waals surface area contributed by atoms with Gasteiger partial charge in [-0.2, -0.15) is 4.98 Å². The minimum Gasteiger partial charge on any atom is -0.372 e. The number of hydrogen-bond donors (Lipinski definition) is 2. The van der Waals surface area contributed by atoms with Gasteiger partial charge in [0.15, 0.2) is 0 Å². The Kier molecular flexibility index (Phi) is 5.64. The first kappa shape index (κ1) is 18.3. The summed E-state index contributed by atoms with van der Waals surface area (Å²) in [6.45, 7) is 5.18. The number of nitrogens with two attached hydrogens (primary N) is 1. The molecule has 0 radical (unpaired) electrons. The lowest BCUT2D eigenvalue weighted by molar-refractivity contribution is 0.413. The van der Waals surface area contributed by atoms with Crippen molar-refractivity contribution in [2.75, 3.05) is 41.7 Å². The highest BCUT2D eigenvalue weighted by Crippen LogP contribution is 2.23. The van der Waals surface area contributed by atoms with Gasteiger partial charge in [0.25, 0.3) is 0 Å². The van der Waals surface area contributed by atoms with Crippen molar-refractivity contribution in [2.45, 2.75) is 38.3 Å². The molecule has 4 rings (SSSR count). The Bertz CT molecular complexity index is 749. The number of hydrogen-bond acceptors (Lipinski definition) is 6. The van der Waals surface area contributed by atoms with Crippen LogP contribution in [0.2, 0.25) is 5.15 Å². The maximum atomic E-state index is 6.00. The summed E-state index contributed by atoms with van der Waals surface area (Å²) in [6, 6.07) is 11.3. The van der Waals surface area contributed by atoms with Gasteiger partial charge in [-0.05, 0) is 43.4 Å². The molecule has 3 heterocycles. The van der Waals surface area contributed by atoms with Crippen molar-refractivity contribution in [3.8, 4) is 0 Å². The summed E-state index contributed by atoms with van der Waals surface area (Å²) in [5.74, 6) is 1.06. The Hall–Kier alpha value is -2.05. The molecular formula is C20H27ClN6. The predicted octanol–water partition coefficient (Wildman–Crippen LogP) is 3.07. The number of piperidine rings is 1. The third-order valence-corrected chi connectivity index (χ3v) is 5.69. The average Bonchev–Trinajstić information content (AvgIpc) is 3.21. The zero-order chi connectivity index (χ0) is 18.6. The molecule has 3 N–H and O–H groups in total. The first-order chi connectivity index (χ1) is 13.2. The van der Waals surface area contributed by atoms with Crippen molar-refractivity contribution in [2.24, 2.45) is 0 Å². The lowest BCUT2D eigenvalue weighted by Gasteiger charge is -2.33. The molecule has 144 valence electrons. The highest BCUT2D eigenvalue weighted by Gasteiger charge is 2.20. The van der Waals surface area contributed by atoms with Gasteiger partial charge in [0.05, 0.1) is 0 Å². The van der Waals surface area contributed by atoms with Gasteiger partial charge in [-0.25, -0.2) is 4.98 Å². The number of nitrogen functional groups attached to an aromatic ring is 1. The summed E-state index contributed by atoms with van der Waals surface area (Å²) in [7, 11) is 0. The molecule has 2 saturated heterocycles. The first-order valence-electron chi connectivity index (χ1n) is 9.80. The maximum Gasteiger partial charge on any atom is 0.223 e. The van der Waals surface area contributed by atoms with Gasteiger partial charge in [0.2, 0.25) is 5.95 Å². The van der Waals surface area contributed by atoms with Crippen LogP contribution in [-0.4, -0.2) is 42.2 Å². The van der Waals surface area contributed by atoms with Crippen LogP contribution in [0.15, 0.2) is 30.3 Å². The quantitative estimate of drug-likeness (QED) is 0.769. The fourth-order valence-electron chi connectivity index (χ4n) is 4.00. The van der Waals surface area contributed by atoms with Crippen LogP contribution in [0.4, 0.5) is 17.5 Å². The third kappa shape index (κ3) is 4.62. The molecule has 0 amide bonds. The van der Waals surface area contributed by atoms with Crippen LogP contribution in [0.5, 0.6) is 0 Å². The summed E-state index contributed by atoms with van der Waals surface area (Å²) in [6.07, 6.45) is 4.77. The zero-order valence-electron chi connectivity index (χ0n) is 15.6. The van der Waals surface area contributed by atoms with Gasteiger partial charge in [0.1, 0.15) is 11.0 Å². The van der Waals surface area contributed by atoms with Crippen molar-refractivity contribution in [1.82, 2.24) is 15.3 Å². The lowest BCUT2D eigenvalue weighted by atomic mass is 10.0. The second-order valence-corrected chi connectivity index (χ2v) is 7.80. The van der Waals surface area contributed by atoms with Crippen molar-refractivity contribution < 1.29 is 0 Å². The SMILES string of the molecule is Nc1nc(Cl)cc(N2CCC(NCc3cccc(N4CCCC4)c3)CC2)n1. The highest BCUT2D eigenvalue weighted by atomic mass is 35.5. The summed E-state index contributed by atoms with van der Waals surface area (Å²) in [4.78, 5) is 13.0. The van der Waals surface area contributed by atoms with E-state index >= 15 is 0 Å². The number of rotatable bonds is 5. The van der Waals surface area contributed by atoms with E-state index in [9.17, 15) is 0 Å². The van der Waals surface area contributed by atoms with Crippen molar-refractivity contribution >= 4 is 29.1 Å². The maximum absolute atomic E-state index is 6.00. The van der Waals surface area contributed by atoms with Crippen LogP contribution in [0.1, 0.15) is 31.2 Å². The predicted molar refractivity (Wildman–Crippen MR) is 111 cm³/mol. The van der Waals surface area contributed by atoms with Crippen LogP contribution in [0, 0.1) is 0 Å². The van der Waals surface area contributed by atoms with Crippen molar-refractivity contribution in [3.05, 3.63) is 41.0 Å². The molecule has 1 aromatic carbocycles. The van der Waals surface area contributed by atoms with Gasteiger partial charge < -0.3 is 20.9 Å². The third-order valence-electron chi connectivity index (χ3n) is 5.49. The van der Waals surface area contributed by atoms with E-state index in [-0.39, 0.29) is 5.95 Å². The lowest BCUT2D eigenvalue weighted by Crippen LogP contribution is -2.42. The largest absolute Gasteiger partial charge is 0.372 e. The molecule has 6 nitrogen and oxygen atoms in total. The number of aromatic nitrogens is 2. The van der Waals surface area contributed by atoms with E-state index in [2.05, 4.69) is 49.4 Å². The number of halogens is 1. The van der Waals surface area contributed by atoms with Crippen molar-refractivity contribution in [1.29, 1.82) is 0 Å². The minimum absolute atomic E-state index is 0.232. The number of nitrogens with zero attached hydrogens (tertiary/aromatic N) is 4. The highest BCUT2D eigenvalue weighted by molar-refractivity contribution is 6.29. The molecule has 2 aliphatic heterocycles. The molecule has 2 aromatic rings. The average molecular weight is 387 g/mol. The number of anilines is 3. The Morgan fingerprint density at radius 3 is 2.56 bits per heavy atom. The zero-order valence-corrected chi connectivity index (χ0v) is 16.3. The van der Waals surface area contributed by atoms with E-state index < -0.39 is 0 Å². The second kappa shape index (κ2) is 8.31. The standard InChI is InChI=1S/C20H27ClN6/c21-18-13-19(25-20(22)24-18)27-10-6-16(7-11-27)23-14-15-4-3-5-17(12-15)26-8-1-2-9-26/h3-5,12-13,16,23H,1-2,6-11,14H2,(H2,22,24,25). The van der Waals surface area contributed by atoms with Crippen LogP contribution in [0.25, 0.3) is 0 Å². The van der Waals surface area contributed by atoms with Gasteiger partial charge in [-0.15, -0.1) is 0 Å². The molecule has 1 aromatic heterocycles. The van der Waals surface area contributed by atoms with Crippen LogP contribution >= 0.6 is 11.6 Å².